The van der Waals surface area contributed by atoms with Gasteiger partial charge in [-0.25, -0.2) is 9.97 Å². The third-order valence-corrected chi connectivity index (χ3v) is 4.85. The van der Waals surface area contributed by atoms with Crippen LogP contribution in [0.4, 0.5) is 11.6 Å². The van der Waals surface area contributed by atoms with E-state index in [0.29, 0.717) is 0 Å². The van der Waals surface area contributed by atoms with Gasteiger partial charge in [-0.15, -0.1) is 0 Å². The van der Waals surface area contributed by atoms with Crippen molar-refractivity contribution >= 4 is 11.6 Å². The molecule has 3 nitrogen and oxygen atoms in total. The highest BCUT2D eigenvalue weighted by molar-refractivity contribution is 5.81. The van der Waals surface area contributed by atoms with Gasteiger partial charge in [-0.3, -0.25) is 4.90 Å². The average molecular weight is 335 g/mol. The second-order valence-electron chi connectivity index (χ2n) is 6.32. The van der Waals surface area contributed by atoms with E-state index in [1.165, 1.54) is 22.3 Å². The van der Waals surface area contributed by atoms with Crippen molar-refractivity contribution in [2.75, 3.05) is 4.90 Å². The highest BCUT2D eigenvalue weighted by Gasteiger charge is 2.34. The van der Waals surface area contributed by atoms with E-state index >= 15 is 0 Å². The molecule has 4 aromatic rings. The third kappa shape index (κ3) is 2.29. The van der Waals surface area contributed by atoms with Gasteiger partial charge in [0.25, 0.3) is 0 Å². The summed E-state index contributed by atoms with van der Waals surface area (Å²) in [6.45, 7) is 0. The van der Waals surface area contributed by atoms with E-state index in [-0.39, 0.29) is 6.04 Å². The van der Waals surface area contributed by atoms with E-state index in [4.69, 9.17) is 0 Å². The molecule has 0 fully saturated rings. The maximum atomic E-state index is 4.63. The lowest BCUT2D eigenvalue weighted by Gasteiger charge is -2.30. The number of anilines is 2. The van der Waals surface area contributed by atoms with E-state index in [9.17, 15) is 0 Å². The summed E-state index contributed by atoms with van der Waals surface area (Å²) >= 11 is 0. The van der Waals surface area contributed by atoms with Gasteiger partial charge in [-0.05, 0) is 46.5 Å². The molecule has 2 heterocycles. The second-order valence-corrected chi connectivity index (χ2v) is 6.32. The SMILES string of the molecule is c1ccc(N(c2ccccn2)C2c3ccccc3-c3ccccc32)nc1. The molecule has 3 heteroatoms. The molecule has 0 N–H and O–H groups in total. The molecule has 0 spiro atoms. The Kier molecular flexibility index (Phi) is 3.49. The second kappa shape index (κ2) is 6.12. The highest BCUT2D eigenvalue weighted by Crippen LogP contribution is 2.49. The summed E-state index contributed by atoms with van der Waals surface area (Å²) < 4.78 is 0. The Bertz CT molecular complexity index is 960. The molecule has 0 saturated carbocycles. The monoisotopic (exact) mass is 335 g/mol. The Hall–Kier alpha value is -3.46. The molecule has 124 valence electrons. The van der Waals surface area contributed by atoms with Crippen LogP contribution in [0.25, 0.3) is 11.1 Å². The van der Waals surface area contributed by atoms with Gasteiger partial charge in [0, 0.05) is 12.4 Å². The molecular formula is C23H17N3. The number of nitrogens with zero attached hydrogens (tertiary/aromatic N) is 3. The number of fused-ring (bicyclic) bond motifs is 3. The van der Waals surface area contributed by atoms with Crippen molar-refractivity contribution < 1.29 is 0 Å². The largest absolute Gasteiger partial charge is 0.299 e. The van der Waals surface area contributed by atoms with E-state index < -0.39 is 0 Å². The fourth-order valence-electron chi connectivity index (χ4n) is 3.78. The molecule has 0 bridgehead atoms. The Balaban J connectivity index is 1.77. The Morgan fingerprint density at radius 2 is 1.00 bits per heavy atom. The molecule has 2 aromatic heterocycles. The molecule has 0 amide bonds. The zero-order valence-electron chi connectivity index (χ0n) is 14.2. The summed E-state index contributed by atoms with van der Waals surface area (Å²) in [5.41, 5.74) is 5.13. The summed E-state index contributed by atoms with van der Waals surface area (Å²) in [5.74, 6) is 1.78. The van der Waals surface area contributed by atoms with Crippen molar-refractivity contribution in [1.82, 2.24) is 9.97 Å². The van der Waals surface area contributed by atoms with Crippen LogP contribution >= 0.6 is 0 Å². The topological polar surface area (TPSA) is 29.0 Å². The van der Waals surface area contributed by atoms with Gasteiger partial charge < -0.3 is 0 Å². The van der Waals surface area contributed by atoms with Crippen LogP contribution < -0.4 is 4.90 Å². The summed E-state index contributed by atoms with van der Waals surface area (Å²) in [4.78, 5) is 11.5. The smallest absolute Gasteiger partial charge is 0.134 e. The first-order valence-electron chi connectivity index (χ1n) is 8.73. The van der Waals surface area contributed by atoms with Gasteiger partial charge in [0.1, 0.15) is 11.6 Å². The Morgan fingerprint density at radius 1 is 0.538 bits per heavy atom. The quantitative estimate of drug-likeness (QED) is 0.503. The van der Waals surface area contributed by atoms with Gasteiger partial charge in [-0.2, -0.15) is 0 Å². The maximum absolute atomic E-state index is 4.63. The molecule has 1 aliphatic rings. The number of rotatable bonds is 3. The van der Waals surface area contributed by atoms with E-state index in [2.05, 4.69) is 63.4 Å². The summed E-state index contributed by atoms with van der Waals surface area (Å²) in [6, 6.07) is 29.3. The predicted octanol–water partition coefficient (Wildman–Crippen LogP) is 5.38. The molecule has 26 heavy (non-hydrogen) atoms. The number of benzene rings is 2. The van der Waals surface area contributed by atoms with Crippen LogP contribution in [0.1, 0.15) is 17.2 Å². The van der Waals surface area contributed by atoms with Crippen LogP contribution in [0.15, 0.2) is 97.3 Å². The standard InChI is InChI=1S/C23H17N3/c1-3-11-19-17(9-1)18-10-2-4-12-20(18)23(19)26(21-13-5-7-15-24-21)22-14-6-8-16-25-22/h1-16,23H. The Labute approximate surface area is 152 Å². The van der Waals surface area contributed by atoms with Crippen LogP contribution in [0.5, 0.6) is 0 Å². The first kappa shape index (κ1) is 14.8. The van der Waals surface area contributed by atoms with E-state index in [1.54, 1.807) is 0 Å². The molecule has 5 rings (SSSR count). The molecule has 0 atom stereocenters. The number of aromatic nitrogens is 2. The van der Waals surface area contributed by atoms with Gasteiger partial charge in [0.2, 0.25) is 0 Å². The van der Waals surface area contributed by atoms with Gasteiger partial charge in [-0.1, -0.05) is 60.7 Å². The van der Waals surface area contributed by atoms with Crippen LogP contribution in [-0.2, 0) is 0 Å². The van der Waals surface area contributed by atoms with Crippen molar-refractivity contribution in [3.63, 3.8) is 0 Å². The molecular weight excluding hydrogens is 318 g/mol. The average Bonchev–Trinajstić information content (AvgIpc) is 3.05. The minimum atomic E-state index is 0.0483. The number of pyridine rings is 2. The fourth-order valence-corrected chi connectivity index (χ4v) is 3.78. The summed E-state index contributed by atoms with van der Waals surface area (Å²) in [7, 11) is 0. The Morgan fingerprint density at radius 3 is 1.46 bits per heavy atom. The zero-order chi connectivity index (χ0) is 17.3. The van der Waals surface area contributed by atoms with Crippen molar-refractivity contribution in [2.45, 2.75) is 6.04 Å². The zero-order valence-corrected chi connectivity index (χ0v) is 14.2. The molecule has 0 radical (unpaired) electrons. The molecule has 2 aromatic carbocycles. The lowest BCUT2D eigenvalue weighted by Crippen LogP contribution is -2.25. The number of hydrogen-bond acceptors (Lipinski definition) is 3. The van der Waals surface area contributed by atoms with Gasteiger partial charge in [0.15, 0.2) is 0 Å². The van der Waals surface area contributed by atoms with Crippen molar-refractivity contribution in [2.24, 2.45) is 0 Å². The van der Waals surface area contributed by atoms with Gasteiger partial charge >= 0.3 is 0 Å². The number of hydrogen-bond donors (Lipinski definition) is 0. The third-order valence-electron chi connectivity index (χ3n) is 4.85. The molecule has 0 unspecified atom stereocenters. The normalized spacial score (nSPS) is 12.5. The maximum Gasteiger partial charge on any atom is 0.134 e. The summed E-state index contributed by atoms with van der Waals surface area (Å²) in [6.07, 6.45) is 3.66. The van der Waals surface area contributed by atoms with E-state index in [1.807, 2.05) is 48.8 Å². The van der Waals surface area contributed by atoms with Crippen molar-refractivity contribution in [3.8, 4) is 11.1 Å². The van der Waals surface area contributed by atoms with Crippen LogP contribution in [0.3, 0.4) is 0 Å². The van der Waals surface area contributed by atoms with E-state index in [0.717, 1.165) is 11.6 Å². The highest BCUT2D eigenvalue weighted by atomic mass is 15.3. The van der Waals surface area contributed by atoms with Crippen LogP contribution in [0.2, 0.25) is 0 Å². The van der Waals surface area contributed by atoms with Crippen molar-refractivity contribution in [1.29, 1.82) is 0 Å². The predicted molar refractivity (Wildman–Crippen MR) is 104 cm³/mol. The molecule has 0 saturated heterocycles. The molecule has 0 aliphatic heterocycles. The minimum absolute atomic E-state index is 0.0483. The first-order valence-corrected chi connectivity index (χ1v) is 8.73. The van der Waals surface area contributed by atoms with Crippen LogP contribution in [-0.4, -0.2) is 9.97 Å². The van der Waals surface area contributed by atoms with Gasteiger partial charge in [0.05, 0.1) is 6.04 Å². The summed E-state index contributed by atoms with van der Waals surface area (Å²) in [5, 5.41) is 0. The lowest BCUT2D eigenvalue weighted by atomic mass is 10.0. The lowest BCUT2D eigenvalue weighted by molar-refractivity contribution is 0.812. The first-order chi connectivity index (χ1) is 12.9. The fraction of sp³-hybridized carbons (Fsp3) is 0.0435. The molecule has 1 aliphatic carbocycles. The minimum Gasteiger partial charge on any atom is -0.299 e. The van der Waals surface area contributed by atoms with Crippen molar-refractivity contribution in [3.05, 3.63) is 108 Å². The van der Waals surface area contributed by atoms with Crippen LogP contribution in [0, 0.1) is 0 Å².